The zero-order valence-electron chi connectivity index (χ0n) is 21.8. The zero-order chi connectivity index (χ0) is 26.1. The number of esters is 1. The minimum atomic E-state index is -0.348. The number of amides is 2. The lowest BCUT2D eigenvalue weighted by molar-refractivity contribution is -0.143. The van der Waals surface area contributed by atoms with Crippen LogP contribution in [-0.4, -0.2) is 62.9 Å². The molecular formula is C27H38N4O4S. The molecule has 1 heterocycles. The highest BCUT2D eigenvalue weighted by Crippen LogP contribution is 2.26. The molecule has 8 nitrogen and oxygen atoms in total. The summed E-state index contributed by atoms with van der Waals surface area (Å²) in [4.78, 5) is 44.8. The number of aryl methyl sites for hydroxylation is 1. The number of allylic oxidation sites excluding steroid dienone is 1. The number of rotatable bonds is 11. The summed E-state index contributed by atoms with van der Waals surface area (Å²) < 4.78 is 6.90. The first-order valence-electron chi connectivity index (χ1n) is 12.9. The summed E-state index contributed by atoms with van der Waals surface area (Å²) in [5, 5.41) is 2.59. The number of carbonyl (C=O) groups excluding carboxylic acids is 3. The van der Waals surface area contributed by atoms with E-state index in [9.17, 15) is 14.4 Å². The second kappa shape index (κ2) is 13.5. The fraction of sp³-hybridized carbons (Fsp3) is 0.556. The van der Waals surface area contributed by atoms with Gasteiger partial charge in [0, 0.05) is 25.2 Å². The van der Waals surface area contributed by atoms with Gasteiger partial charge < -0.3 is 14.2 Å². The lowest BCUT2D eigenvalue weighted by Gasteiger charge is -2.31. The third-order valence-electron chi connectivity index (χ3n) is 6.49. The van der Waals surface area contributed by atoms with Gasteiger partial charge in [-0.3, -0.25) is 19.7 Å². The van der Waals surface area contributed by atoms with Crippen LogP contribution in [0.4, 0.5) is 5.95 Å². The van der Waals surface area contributed by atoms with Crippen LogP contribution >= 0.6 is 11.8 Å². The Morgan fingerprint density at radius 3 is 2.67 bits per heavy atom. The van der Waals surface area contributed by atoms with Gasteiger partial charge in [-0.1, -0.05) is 38.3 Å². The largest absolute Gasteiger partial charge is 0.466 e. The molecule has 9 heteroatoms. The molecule has 0 saturated heterocycles. The molecule has 1 atom stereocenters. The first-order chi connectivity index (χ1) is 17.4. The first kappa shape index (κ1) is 27.8. The number of imidazole rings is 1. The molecule has 1 unspecified atom stereocenters. The summed E-state index contributed by atoms with van der Waals surface area (Å²) in [6.45, 7) is 6.27. The van der Waals surface area contributed by atoms with E-state index in [1.54, 1.807) is 19.1 Å². The van der Waals surface area contributed by atoms with Gasteiger partial charge in [0.05, 0.1) is 24.1 Å². The molecule has 0 radical (unpaired) electrons. The molecule has 0 spiro atoms. The van der Waals surface area contributed by atoms with E-state index in [0.717, 1.165) is 37.0 Å². The number of hydrogen-bond acceptors (Lipinski definition) is 6. The number of thioether (sulfide) groups is 1. The lowest BCUT2D eigenvalue weighted by atomic mass is 9.94. The van der Waals surface area contributed by atoms with Gasteiger partial charge in [0.1, 0.15) is 5.25 Å². The summed E-state index contributed by atoms with van der Waals surface area (Å²) in [5.41, 5.74) is 1.91. The molecule has 1 N–H and O–H groups in total. The van der Waals surface area contributed by atoms with Crippen LogP contribution in [0.15, 0.2) is 30.4 Å². The molecule has 1 aromatic heterocycles. The minimum absolute atomic E-state index is 0.0250. The molecule has 0 aliphatic heterocycles. The molecule has 1 aromatic carbocycles. The fourth-order valence-electron chi connectivity index (χ4n) is 4.61. The number of benzene rings is 1. The molecule has 1 fully saturated rings. The Morgan fingerprint density at radius 2 is 2.00 bits per heavy atom. The molecule has 1 aliphatic rings. The summed E-state index contributed by atoms with van der Waals surface area (Å²) in [7, 11) is 1.87. The molecule has 1 saturated carbocycles. The molecule has 2 aromatic rings. The summed E-state index contributed by atoms with van der Waals surface area (Å²) in [5.74, 6) is 0.632. The van der Waals surface area contributed by atoms with E-state index in [1.165, 1.54) is 18.2 Å². The maximum Gasteiger partial charge on any atom is 0.307 e. The average Bonchev–Trinajstić information content (AvgIpc) is 3.23. The van der Waals surface area contributed by atoms with E-state index in [2.05, 4.69) is 10.3 Å². The van der Waals surface area contributed by atoms with Crippen molar-refractivity contribution in [2.75, 3.05) is 24.7 Å². The molecule has 2 amide bonds. The summed E-state index contributed by atoms with van der Waals surface area (Å²) >= 11 is 1.53. The predicted octanol–water partition coefficient (Wildman–Crippen LogP) is 5.03. The van der Waals surface area contributed by atoms with Crippen molar-refractivity contribution in [1.29, 1.82) is 0 Å². The molecule has 0 bridgehead atoms. The van der Waals surface area contributed by atoms with Gasteiger partial charge in [0.15, 0.2) is 0 Å². The van der Waals surface area contributed by atoms with Crippen molar-refractivity contribution in [3.63, 3.8) is 0 Å². The second-order valence-electron chi connectivity index (χ2n) is 8.94. The third-order valence-corrected chi connectivity index (χ3v) is 7.55. The van der Waals surface area contributed by atoms with Crippen LogP contribution in [0.2, 0.25) is 0 Å². The Kier molecular flexibility index (Phi) is 10.4. The molecule has 3 rings (SSSR count). The van der Waals surface area contributed by atoms with Gasteiger partial charge in [-0.05, 0) is 50.6 Å². The maximum absolute atomic E-state index is 13.2. The van der Waals surface area contributed by atoms with Gasteiger partial charge in [-0.2, -0.15) is 0 Å². The highest BCUT2D eigenvalue weighted by molar-refractivity contribution is 8.00. The van der Waals surface area contributed by atoms with Gasteiger partial charge in [0.2, 0.25) is 11.9 Å². The standard InChI is InChI=1S/C27H38N4O4S/c1-5-11-23(36-7-3)25(33)29-27-28-21-18-19(26(34)30(4)20-12-9-8-10-13-20)14-15-22(21)31(27)17-16-24(32)35-6-2/h5,11,14-15,18,20,23H,6-10,12-13,16-17H2,1-4H3,(H,28,29,33). The number of ether oxygens (including phenoxy) is 1. The normalized spacial score (nSPS) is 15.2. The monoisotopic (exact) mass is 514 g/mol. The third kappa shape index (κ3) is 6.90. The Balaban J connectivity index is 1.91. The van der Waals surface area contributed by atoms with E-state index < -0.39 is 0 Å². The highest BCUT2D eigenvalue weighted by atomic mass is 32.2. The van der Waals surface area contributed by atoms with Crippen molar-refractivity contribution < 1.29 is 19.1 Å². The van der Waals surface area contributed by atoms with Crippen LogP contribution < -0.4 is 5.32 Å². The Hall–Kier alpha value is -2.81. The topological polar surface area (TPSA) is 93.5 Å². The lowest BCUT2D eigenvalue weighted by Crippen LogP contribution is -2.38. The van der Waals surface area contributed by atoms with Crippen molar-refractivity contribution in [2.45, 2.75) is 77.1 Å². The van der Waals surface area contributed by atoms with E-state index in [0.29, 0.717) is 30.2 Å². The van der Waals surface area contributed by atoms with Crippen LogP contribution in [0.1, 0.15) is 69.7 Å². The van der Waals surface area contributed by atoms with Gasteiger partial charge in [-0.25, -0.2) is 4.98 Å². The van der Waals surface area contributed by atoms with Crippen LogP contribution in [0.25, 0.3) is 11.0 Å². The van der Waals surface area contributed by atoms with E-state index in [-0.39, 0.29) is 35.5 Å². The van der Waals surface area contributed by atoms with Crippen LogP contribution in [0.3, 0.4) is 0 Å². The van der Waals surface area contributed by atoms with Gasteiger partial charge in [-0.15, -0.1) is 11.8 Å². The number of anilines is 1. The van der Waals surface area contributed by atoms with Crippen molar-refractivity contribution in [3.05, 3.63) is 35.9 Å². The number of hydrogen-bond donors (Lipinski definition) is 1. The van der Waals surface area contributed by atoms with Crippen molar-refractivity contribution in [1.82, 2.24) is 14.5 Å². The van der Waals surface area contributed by atoms with Crippen molar-refractivity contribution in [3.8, 4) is 0 Å². The average molecular weight is 515 g/mol. The quantitative estimate of drug-likeness (QED) is 0.334. The Bertz CT molecular complexity index is 1090. The van der Waals surface area contributed by atoms with Gasteiger partial charge >= 0.3 is 5.97 Å². The SMILES string of the molecule is CC=CC(SCC)C(=O)Nc1nc2cc(C(=O)N(C)C3CCCCC3)ccc2n1CCC(=O)OCC. The molecule has 1 aliphatic carbocycles. The number of fused-ring (bicyclic) bond motifs is 1. The zero-order valence-corrected chi connectivity index (χ0v) is 22.6. The van der Waals surface area contributed by atoms with Crippen LogP contribution in [0, 0.1) is 0 Å². The van der Waals surface area contributed by atoms with E-state index >= 15 is 0 Å². The molecular weight excluding hydrogens is 476 g/mol. The summed E-state index contributed by atoms with van der Waals surface area (Å²) in [6, 6.07) is 5.68. The van der Waals surface area contributed by atoms with Gasteiger partial charge in [0.25, 0.3) is 5.91 Å². The number of nitrogens with zero attached hydrogens (tertiary/aromatic N) is 3. The fourth-order valence-corrected chi connectivity index (χ4v) is 5.45. The second-order valence-corrected chi connectivity index (χ2v) is 10.4. The van der Waals surface area contributed by atoms with Crippen LogP contribution in [0.5, 0.6) is 0 Å². The minimum Gasteiger partial charge on any atom is -0.466 e. The predicted molar refractivity (Wildman–Crippen MR) is 145 cm³/mol. The molecule has 36 heavy (non-hydrogen) atoms. The summed E-state index contributed by atoms with van der Waals surface area (Å²) in [6.07, 6.45) is 9.46. The van der Waals surface area contributed by atoms with Crippen molar-refractivity contribution in [2.24, 2.45) is 0 Å². The van der Waals surface area contributed by atoms with E-state index in [4.69, 9.17) is 4.74 Å². The van der Waals surface area contributed by atoms with Crippen LogP contribution in [-0.2, 0) is 20.9 Å². The van der Waals surface area contributed by atoms with E-state index in [1.807, 2.05) is 48.6 Å². The maximum atomic E-state index is 13.2. The number of aromatic nitrogens is 2. The number of carbonyl (C=O) groups is 3. The number of nitrogens with one attached hydrogen (secondary N) is 1. The van der Waals surface area contributed by atoms with Crippen molar-refractivity contribution >= 4 is 46.5 Å². The highest BCUT2D eigenvalue weighted by Gasteiger charge is 2.24. The Labute approximate surface area is 217 Å². The smallest absolute Gasteiger partial charge is 0.307 e. The Morgan fingerprint density at radius 1 is 1.25 bits per heavy atom. The first-order valence-corrected chi connectivity index (χ1v) is 13.9. The molecule has 196 valence electrons.